The van der Waals surface area contributed by atoms with E-state index in [2.05, 4.69) is 30.5 Å². The molecule has 1 aliphatic rings. The van der Waals surface area contributed by atoms with E-state index < -0.39 is 11.7 Å². The fourth-order valence-electron chi connectivity index (χ4n) is 5.66. The van der Waals surface area contributed by atoms with Crippen LogP contribution in [0, 0.1) is 26.6 Å². The minimum absolute atomic E-state index is 0.0389. The van der Waals surface area contributed by atoms with Crippen molar-refractivity contribution in [1.29, 1.82) is 0 Å². The number of aryl methyl sites for hydroxylation is 3. The normalized spacial score (nSPS) is 13.2. The summed E-state index contributed by atoms with van der Waals surface area (Å²) in [6, 6.07) is 17.9. The third-order valence-electron chi connectivity index (χ3n) is 8.19. The van der Waals surface area contributed by atoms with E-state index >= 15 is 4.39 Å². The van der Waals surface area contributed by atoms with Gasteiger partial charge in [-0.05, 0) is 88.5 Å². The Labute approximate surface area is 284 Å². The van der Waals surface area contributed by atoms with Crippen LogP contribution in [0.3, 0.4) is 0 Å². The molecule has 2 N–H and O–H groups in total. The number of carbonyl (C=O) groups is 1. The van der Waals surface area contributed by atoms with Crippen LogP contribution in [0.25, 0.3) is 11.3 Å². The highest BCUT2D eigenvalue weighted by atomic mass is 32.1. The number of piperidine rings is 1. The molecule has 0 atom stereocenters. The molecule has 11 heteroatoms. The highest BCUT2D eigenvalue weighted by Crippen LogP contribution is 2.31. The number of hydrogen-bond acceptors (Lipinski definition) is 9. The van der Waals surface area contributed by atoms with Crippen molar-refractivity contribution in [1.82, 2.24) is 19.9 Å². The van der Waals surface area contributed by atoms with Gasteiger partial charge in [-0.3, -0.25) is 4.79 Å². The molecule has 1 amide bonds. The Morgan fingerprint density at radius 3 is 2.52 bits per heavy atom. The second-order valence-corrected chi connectivity index (χ2v) is 13.0. The number of hydrogen-bond donors (Lipinski definition) is 2. The smallest absolute Gasteiger partial charge is 0.262 e. The highest BCUT2D eigenvalue weighted by molar-refractivity contribution is 7.09. The summed E-state index contributed by atoms with van der Waals surface area (Å²) in [5, 5.41) is 8.96. The van der Waals surface area contributed by atoms with E-state index in [9.17, 15) is 4.79 Å². The fraction of sp³-hybridized carbons (Fsp3) is 0.297. The molecule has 0 unspecified atom stereocenters. The molecule has 2 aromatic heterocycles. The third-order valence-corrected chi connectivity index (χ3v) is 8.97. The molecule has 1 fully saturated rings. The minimum Gasteiger partial charge on any atom is -0.490 e. The largest absolute Gasteiger partial charge is 0.490 e. The van der Waals surface area contributed by atoms with Crippen LogP contribution in [0.2, 0.25) is 0 Å². The average Bonchev–Trinajstić information content (AvgIpc) is 3.52. The number of carbonyl (C=O) groups excluding carboxylic acids is 1. The molecule has 5 aromatic rings. The van der Waals surface area contributed by atoms with Gasteiger partial charge < -0.3 is 25.0 Å². The van der Waals surface area contributed by atoms with Crippen LogP contribution in [-0.4, -0.2) is 52.0 Å². The molecule has 248 valence electrons. The van der Waals surface area contributed by atoms with Crippen LogP contribution in [0.4, 0.5) is 21.7 Å². The zero-order chi connectivity index (χ0) is 33.5. The van der Waals surface area contributed by atoms with Gasteiger partial charge in [0.2, 0.25) is 11.8 Å². The van der Waals surface area contributed by atoms with Crippen LogP contribution >= 0.6 is 11.3 Å². The number of benzene rings is 3. The van der Waals surface area contributed by atoms with Crippen LogP contribution in [0.5, 0.6) is 17.4 Å². The van der Waals surface area contributed by atoms with Crippen LogP contribution in [-0.2, 0) is 0 Å². The Kier molecular flexibility index (Phi) is 10.6. The second-order valence-electron chi connectivity index (χ2n) is 11.9. The quantitative estimate of drug-likeness (QED) is 0.128. The van der Waals surface area contributed by atoms with Gasteiger partial charge in [-0.25, -0.2) is 14.4 Å². The van der Waals surface area contributed by atoms with E-state index in [4.69, 9.17) is 9.47 Å². The summed E-state index contributed by atoms with van der Waals surface area (Å²) >= 11 is 1.56. The van der Waals surface area contributed by atoms with Gasteiger partial charge in [-0.15, -0.1) is 11.3 Å². The zero-order valence-electron chi connectivity index (χ0n) is 27.4. The number of likely N-dealkylation sites (tertiary alicyclic amines) is 1. The lowest BCUT2D eigenvalue weighted by Gasteiger charge is -2.26. The Morgan fingerprint density at radius 2 is 1.77 bits per heavy atom. The summed E-state index contributed by atoms with van der Waals surface area (Å²) in [6.07, 6.45) is 6.02. The maximum absolute atomic E-state index is 15.0. The first-order valence-electron chi connectivity index (χ1n) is 16.2. The summed E-state index contributed by atoms with van der Waals surface area (Å²) in [4.78, 5) is 29.6. The Morgan fingerprint density at radius 1 is 0.979 bits per heavy atom. The van der Waals surface area contributed by atoms with Crippen LogP contribution < -0.4 is 20.1 Å². The van der Waals surface area contributed by atoms with Crippen molar-refractivity contribution in [3.05, 3.63) is 99.8 Å². The van der Waals surface area contributed by atoms with Crippen molar-refractivity contribution in [3.63, 3.8) is 0 Å². The molecular weight excluding hydrogens is 628 g/mol. The molecule has 48 heavy (non-hydrogen) atoms. The lowest BCUT2D eigenvalue weighted by atomic mass is 10.1. The van der Waals surface area contributed by atoms with E-state index in [-0.39, 0.29) is 23.1 Å². The predicted molar refractivity (Wildman–Crippen MR) is 188 cm³/mol. The molecule has 1 saturated heterocycles. The van der Waals surface area contributed by atoms with Gasteiger partial charge in [0.15, 0.2) is 11.6 Å². The second kappa shape index (κ2) is 15.4. The van der Waals surface area contributed by atoms with E-state index in [0.717, 1.165) is 53.4 Å². The molecule has 9 nitrogen and oxygen atoms in total. The first kappa shape index (κ1) is 33.0. The van der Waals surface area contributed by atoms with Crippen molar-refractivity contribution >= 4 is 34.6 Å². The van der Waals surface area contributed by atoms with Gasteiger partial charge in [0.1, 0.15) is 11.3 Å². The standard InChI is InChI=1S/C37H39FN6O3S/c1-24-10-7-11-25(2)34(24)42-35(45)30-22-39-37(43-36(30)47-29-13-8-12-27(20-29)32-23-48-26(3)40-32)41-28-14-15-33(31(38)21-28)46-19-9-18-44-16-5-4-6-17-44/h7-8,10-15,20-23H,4-6,9,16-19H2,1-3H3,(H,42,45)(H,39,41,43). The Balaban J connectivity index is 1.20. The molecule has 1 aliphatic heterocycles. The monoisotopic (exact) mass is 666 g/mol. The number of aromatic nitrogens is 3. The first-order valence-corrected chi connectivity index (χ1v) is 17.1. The summed E-state index contributed by atoms with van der Waals surface area (Å²) in [6.45, 7) is 9.46. The maximum atomic E-state index is 15.0. The van der Waals surface area contributed by atoms with Crippen molar-refractivity contribution in [2.45, 2.75) is 46.5 Å². The number of rotatable bonds is 12. The van der Waals surface area contributed by atoms with E-state index in [1.807, 2.05) is 62.5 Å². The number of anilines is 3. The summed E-state index contributed by atoms with van der Waals surface area (Å²) < 4.78 is 27.0. The van der Waals surface area contributed by atoms with Gasteiger partial charge in [-0.1, -0.05) is 36.8 Å². The number of nitrogens with one attached hydrogen (secondary N) is 2. The average molecular weight is 667 g/mol. The number of halogens is 1. The fourth-order valence-corrected chi connectivity index (χ4v) is 6.28. The van der Waals surface area contributed by atoms with Gasteiger partial charge >= 0.3 is 0 Å². The first-order chi connectivity index (χ1) is 23.3. The lowest BCUT2D eigenvalue weighted by Crippen LogP contribution is -2.31. The van der Waals surface area contributed by atoms with Crippen LogP contribution in [0.15, 0.2) is 72.2 Å². The van der Waals surface area contributed by atoms with Gasteiger partial charge in [0.05, 0.1) is 17.3 Å². The molecule has 3 aromatic carbocycles. The highest BCUT2D eigenvalue weighted by Gasteiger charge is 2.20. The zero-order valence-corrected chi connectivity index (χ0v) is 28.2. The Bertz CT molecular complexity index is 1870. The van der Waals surface area contributed by atoms with Crippen molar-refractivity contribution < 1.29 is 18.7 Å². The van der Waals surface area contributed by atoms with Crippen LogP contribution in [0.1, 0.15) is 52.2 Å². The number of thiazole rings is 1. The number of amides is 1. The SMILES string of the molecule is Cc1nc(-c2cccc(Oc3nc(Nc4ccc(OCCCN5CCCCC5)c(F)c4)ncc3C(=O)Nc3c(C)cccc3C)c2)cs1. The van der Waals surface area contributed by atoms with E-state index in [1.54, 1.807) is 29.5 Å². The molecule has 0 saturated carbocycles. The van der Waals surface area contributed by atoms with E-state index in [1.165, 1.54) is 31.5 Å². The molecule has 6 rings (SSSR count). The summed E-state index contributed by atoms with van der Waals surface area (Å²) in [7, 11) is 0. The minimum atomic E-state index is -0.492. The van der Waals surface area contributed by atoms with Gasteiger partial charge in [0.25, 0.3) is 5.91 Å². The third kappa shape index (κ3) is 8.34. The summed E-state index contributed by atoms with van der Waals surface area (Å²) in [5.41, 5.74) is 4.82. The molecular formula is C37H39FN6O3S. The molecule has 0 aliphatic carbocycles. The van der Waals surface area contributed by atoms with Gasteiger partial charge in [0, 0.05) is 41.1 Å². The topological polar surface area (TPSA) is 102 Å². The number of ether oxygens (including phenoxy) is 2. The maximum Gasteiger partial charge on any atom is 0.262 e. The van der Waals surface area contributed by atoms with Gasteiger partial charge in [-0.2, -0.15) is 4.98 Å². The van der Waals surface area contributed by atoms with Crippen molar-refractivity contribution in [3.8, 4) is 28.6 Å². The molecule has 0 radical (unpaired) electrons. The molecule has 0 spiro atoms. The number of nitrogens with zero attached hydrogens (tertiary/aromatic N) is 4. The number of para-hydroxylation sites is 1. The van der Waals surface area contributed by atoms with Crippen molar-refractivity contribution in [2.24, 2.45) is 0 Å². The predicted octanol–water partition coefficient (Wildman–Crippen LogP) is 8.71. The molecule has 3 heterocycles. The lowest BCUT2D eigenvalue weighted by molar-refractivity contribution is 0.102. The summed E-state index contributed by atoms with van der Waals surface area (Å²) in [5.74, 6) is -0.0812. The Hall–Kier alpha value is -4.87. The molecule has 0 bridgehead atoms. The van der Waals surface area contributed by atoms with E-state index in [0.29, 0.717) is 23.7 Å². The van der Waals surface area contributed by atoms with Crippen molar-refractivity contribution in [2.75, 3.05) is 36.9 Å².